The number of imidazole rings is 1. The van der Waals surface area contributed by atoms with E-state index in [-0.39, 0.29) is 11.3 Å². The van der Waals surface area contributed by atoms with Crippen LogP contribution in [0.2, 0.25) is 5.02 Å². The first-order chi connectivity index (χ1) is 16.5. The van der Waals surface area contributed by atoms with E-state index < -0.39 is 17.7 Å². The minimum absolute atomic E-state index is 0.0378. The monoisotopic (exact) mass is 477 g/mol. The predicted octanol–water partition coefficient (Wildman–Crippen LogP) is 4.61. The molecule has 1 N–H and O–H groups in total. The zero-order valence-electron chi connectivity index (χ0n) is 18.4. The summed E-state index contributed by atoms with van der Waals surface area (Å²) in [7, 11) is 0. The van der Waals surface area contributed by atoms with Gasteiger partial charge in [-0.25, -0.2) is 4.98 Å². The summed E-state index contributed by atoms with van der Waals surface area (Å²) in [5.74, 6) is -1.04. The number of aromatic nitrogens is 2. The van der Waals surface area contributed by atoms with Gasteiger partial charge in [0, 0.05) is 36.1 Å². The maximum absolute atomic E-state index is 13.1. The van der Waals surface area contributed by atoms with Gasteiger partial charge in [0.05, 0.1) is 17.9 Å². The quantitative estimate of drug-likeness (QED) is 0.210. The molecule has 1 unspecified atom stereocenters. The van der Waals surface area contributed by atoms with Crippen molar-refractivity contribution >= 4 is 29.1 Å². The van der Waals surface area contributed by atoms with Gasteiger partial charge in [-0.3, -0.25) is 9.59 Å². The lowest BCUT2D eigenvalue weighted by atomic mass is 9.95. The van der Waals surface area contributed by atoms with E-state index in [1.165, 1.54) is 4.90 Å². The summed E-state index contributed by atoms with van der Waals surface area (Å²) < 4.78 is 7.56. The Hall–Kier alpha value is -3.84. The van der Waals surface area contributed by atoms with Crippen LogP contribution in [-0.2, 0) is 16.1 Å². The summed E-state index contributed by atoms with van der Waals surface area (Å²) in [6.45, 7) is 4.93. The standard InChI is InChI=1S/C26H24ClN3O4/c1-2-15-34-21-6-3-5-19(16-21)23-22(24(31)18-7-9-20(27)10-8-18)25(32)26(33)30(23)13-4-12-29-14-11-28-17-29/h2-3,5-11,14,16-17,23,31H,1,4,12-13,15H2/b24-22+. The Balaban J connectivity index is 1.73. The maximum atomic E-state index is 13.1. The Labute approximate surface area is 202 Å². The van der Waals surface area contributed by atoms with E-state index in [0.29, 0.717) is 48.0 Å². The molecule has 0 saturated carbocycles. The van der Waals surface area contributed by atoms with E-state index in [9.17, 15) is 14.7 Å². The number of ketones is 1. The topological polar surface area (TPSA) is 84.7 Å². The zero-order valence-corrected chi connectivity index (χ0v) is 19.2. The fraction of sp³-hybridized carbons (Fsp3) is 0.192. The maximum Gasteiger partial charge on any atom is 0.295 e. The molecule has 1 aromatic heterocycles. The Morgan fingerprint density at radius 3 is 2.68 bits per heavy atom. The molecule has 0 spiro atoms. The van der Waals surface area contributed by atoms with Crippen LogP contribution >= 0.6 is 11.6 Å². The van der Waals surface area contributed by atoms with Crippen LogP contribution in [0.25, 0.3) is 5.76 Å². The van der Waals surface area contributed by atoms with E-state index >= 15 is 0 Å². The Morgan fingerprint density at radius 1 is 1.18 bits per heavy atom. The number of nitrogens with zero attached hydrogens (tertiary/aromatic N) is 3. The van der Waals surface area contributed by atoms with Gasteiger partial charge in [0.1, 0.15) is 18.1 Å². The number of ether oxygens (including phenoxy) is 1. The number of halogens is 1. The number of aryl methyl sites for hydroxylation is 1. The molecule has 7 nitrogen and oxygen atoms in total. The van der Waals surface area contributed by atoms with Gasteiger partial charge in [-0.1, -0.05) is 36.4 Å². The number of hydrogen-bond acceptors (Lipinski definition) is 5. The van der Waals surface area contributed by atoms with Crippen molar-refractivity contribution in [1.29, 1.82) is 0 Å². The fourth-order valence-electron chi connectivity index (χ4n) is 3.99. The molecule has 4 rings (SSSR count). The van der Waals surface area contributed by atoms with E-state index in [0.717, 1.165) is 0 Å². The fourth-order valence-corrected chi connectivity index (χ4v) is 4.12. The molecular weight excluding hydrogens is 454 g/mol. The second-order valence-corrected chi connectivity index (χ2v) is 8.26. The SMILES string of the molecule is C=CCOc1cccc(C2/C(=C(\O)c3ccc(Cl)cc3)C(=O)C(=O)N2CCCn2ccnc2)c1. The first-order valence-corrected chi connectivity index (χ1v) is 11.2. The highest BCUT2D eigenvalue weighted by atomic mass is 35.5. The molecule has 2 aromatic carbocycles. The first kappa shape index (κ1) is 23.3. The molecular formula is C26H24ClN3O4. The zero-order chi connectivity index (χ0) is 24.1. The third-order valence-corrected chi connectivity index (χ3v) is 5.83. The molecule has 1 amide bonds. The molecule has 1 fully saturated rings. The van der Waals surface area contributed by atoms with Crippen molar-refractivity contribution in [3.8, 4) is 5.75 Å². The first-order valence-electron chi connectivity index (χ1n) is 10.8. The number of Topliss-reactive ketones (excluding diaryl/α,β-unsaturated/α-hetero) is 1. The van der Waals surface area contributed by atoms with Crippen molar-refractivity contribution in [2.24, 2.45) is 0 Å². The van der Waals surface area contributed by atoms with Crippen LogP contribution in [0, 0.1) is 0 Å². The highest BCUT2D eigenvalue weighted by molar-refractivity contribution is 6.46. The van der Waals surface area contributed by atoms with Crippen LogP contribution in [-0.4, -0.2) is 44.4 Å². The van der Waals surface area contributed by atoms with E-state index in [2.05, 4.69) is 11.6 Å². The average molecular weight is 478 g/mol. The lowest BCUT2D eigenvalue weighted by Crippen LogP contribution is -2.31. The van der Waals surface area contributed by atoms with Crippen molar-refractivity contribution in [3.63, 3.8) is 0 Å². The molecule has 1 aliphatic heterocycles. The summed E-state index contributed by atoms with van der Waals surface area (Å²) in [5.41, 5.74) is 1.11. The van der Waals surface area contributed by atoms with Gasteiger partial charge in [0.15, 0.2) is 0 Å². The Morgan fingerprint density at radius 2 is 1.97 bits per heavy atom. The second-order valence-electron chi connectivity index (χ2n) is 7.83. The minimum atomic E-state index is -0.759. The van der Waals surface area contributed by atoms with Crippen LogP contribution in [0.15, 0.2) is 85.5 Å². The van der Waals surface area contributed by atoms with Gasteiger partial charge in [-0.2, -0.15) is 0 Å². The summed E-state index contributed by atoms with van der Waals surface area (Å²) >= 11 is 5.98. The number of carbonyl (C=O) groups excluding carboxylic acids is 2. The summed E-state index contributed by atoms with van der Waals surface area (Å²) in [6.07, 6.45) is 7.47. The van der Waals surface area contributed by atoms with Gasteiger partial charge in [-0.05, 0) is 48.4 Å². The average Bonchev–Trinajstić information content (AvgIpc) is 3.45. The molecule has 174 valence electrons. The number of likely N-dealkylation sites (tertiary alicyclic amines) is 1. The lowest BCUT2D eigenvalue weighted by Gasteiger charge is -2.25. The highest BCUT2D eigenvalue weighted by Crippen LogP contribution is 2.40. The minimum Gasteiger partial charge on any atom is -0.507 e. The number of amides is 1. The Bertz CT molecular complexity index is 1220. The van der Waals surface area contributed by atoms with Crippen molar-refractivity contribution in [2.45, 2.75) is 19.0 Å². The van der Waals surface area contributed by atoms with Crippen LogP contribution in [0.5, 0.6) is 5.75 Å². The number of carbonyl (C=O) groups is 2. The third-order valence-electron chi connectivity index (χ3n) is 5.57. The number of aliphatic hydroxyl groups is 1. The summed E-state index contributed by atoms with van der Waals surface area (Å²) in [5, 5.41) is 11.6. The van der Waals surface area contributed by atoms with Crippen molar-refractivity contribution in [2.75, 3.05) is 13.2 Å². The summed E-state index contributed by atoms with van der Waals surface area (Å²) in [4.78, 5) is 31.8. The molecule has 34 heavy (non-hydrogen) atoms. The lowest BCUT2D eigenvalue weighted by molar-refractivity contribution is -0.139. The van der Waals surface area contributed by atoms with Crippen molar-refractivity contribution < 1.29 is 19.4 Å². The van der Waals surface area contributed by atoms with Gasteiger partial charge in [0.2, 0.25) is 0 Å². The predicted molar refractivity (Wildman–Crippen MR) is 129 cm³/mol. The van der Waals surface area contributed by atoms with E-state index in [1.807, 2.05) is 16.8 Å². The van der Waals surface area contributed by atoms with Crippen LogP contribution in [0.4, 0.5) is 0 Å². The van der Waals surface area contributed by atoms with Gasteiger partial charge >= 0.3 is 0 Å². The largest absolute Gasteiger partial charge is 0.507 e. The molecule has 1 atom stereocenters. The molecule has 1 aliphatic rings. The van der Waals surface area contributed by atoms with E-state index in [1.54, 1.807) is 61.1 Å². The smallest absolute Gasteiger partial charge is 0.295 e. The molecule has 0 aliphatic carbocycles. The van der Waals surface area contributed by atoms with Gasteiger partial charge in [-0.15, -0.1) is 0 Å². The van der Waals surface area contributed by atoms with Crippen LogP contribution < -0.4 is 4.74 Å². The normalized spacial score (nSPS) is 17.2. The number of aliphatic hydroxyl groups excluding tert-OH is 1. The number of rotatable bonds is 9. The third kappa shape index (κ3) is 4.89. The van der Waals surface area contributed by atoms with Crippen molar-refractivity contribution in [1.82, 2.24) is 14.5 Å². The van der Waals surface area contributed by atoms with Gasteiger partial charge in [0.25, 0.3) is 11.7 Å². The molecule has 3 aromatic rings. The molecule has 1 saturated heterocycles. The van der Waals surface area contributed by atoms with Crippen LogP contribution in [0.1, 0.15) is 23.6 Å². The molecule has 2 heterocycles. The Kier molecular flexibility index (Phi) is 7.13. The molecule has 0 bridgehead atoms. The summed E-state index contributed by atoms with van der Waals surface area (Å²) in [6, 6.07) is 12.9. The van der Waals surface area contributed by atoms with Crippen LogP contribution in [0.3, 0.4) is 0 Å². The second kappa shape index (κ2) is 10.4. The van der Waals surface area contributed by atoms with E-state index in [4.69, 9.17) is 16.3 Å². The number of benzene rings is 2. The highest BCUT2D eigenvalue weighted by Gasteiger charge is 2.45. The van der Waals surface area contributed by atoms with Gasteiger partial charge < -0.3 is 19.3 Å². The molecule has 8 heteroatoms. The number of hydrogen-bond donors (Lipinski definition) is 1. The molecule has 0 radical (unpaired) electrons. The van der Waals surface area contributed by atoms with Crippen molar-refractivity contribution in [3.05, 3.63) is 102 Å².